The summed E-state index contributed by atoms with van der Waals surface area (Å²) in [6, 6.07) is 6.31. The Morgan fingerprint density at radius 1 is 1.16 bits per heavy atom. The van der Waals surface area contributed by atoms with Gasteiger partial charge in [-0.2, -0.15) is 0 Å². The third-order valence-corrected chi connectivity index (χ3v) is 6.34. The number of morpholine rings is 1. The summed E-state index contributed by atoms with van der Waals surface area (Å²) in [5, 5.41) is 7.68. The maximum atomic E-state index is 5.60. The Labute approximate surface area is 157 Å². The first-order chi connectivity index (χ1) is 12.1. The molecule has 25 heavy (non-hydrogen) atoms. The van der Waals surface area contributed by atoms with Gasteiger partial charge in [0.25, 0.3) is 0 Å². The van der Waals surface area contributed by atoms with Gasteiger partial charge in [-0.25, -0.2) is 0 Å². The van der Waals surface area contributed by atoms with E-state index in [1.54, 1.807) is 4.90 Å². The summed E-state index contributed by atoms with van der Waals surface area (Å²) in [6.07, 6.45) is 6.63. The zero-order valence-corrected chi connectivity index (χ0v) is 16.4. The monoisotopic (exact) mass is 362 g/mol. The average Bonchev–Trinajstić information content (AvgIpc) is 2.65. The zero-order chi connectivity index (χ0) is 17.7. The molecule has 0 aromatic heterocycles. The van der Waals surface area contributed by atoms with E-state index in [0.717, 1.165) is 43.6 Å². The largest absolute Gasteiger partial charge is 0.370 e. The molecule has 0 unspecified atom stereocenters. The van der Waals surface area contributed by atoms with Gasteiger partial charge in [-0.3, -0.25) is 0 Å². The summed E-state index contributed by atoms with van der Waals surface area (Å²) in [5.41, 5.74) is 3.97. The normalized spacial score (nSPS) is 20.9. The van der Waals surface area contributed by atoms with Gasteiger partial charge in [-0.15, -0.1) is 0 Å². The van der Waals surface area contributed by atoms with E-state index < -0.39 is 0 Å². The van der Waals surface area contributed by atoms with Crippen molar-refractivity contribution in [3.8, 4) is 0 Å². The first-order valence-corrected chi connectivity index (χ1v) is 10.1. The number of rotatable bonds is 4. The van der Waals surface area contributed by atoms with E-state index in [4.69, 9.17) is 17.0 Å². The molecule has 2 fully saturated rings. The van der Waals surface area contributed by atoms with Crippen LogP contribution in [0.25, 0.3) is 0 Å². The molecule has 0 spiro atoms. The topological polar surface area (TPSA) is 37.7 Å². The van der Waals surface area contributed by atoms with Crippen LogP contribution in [0.3, 0.4) is 0 Å². The molecule has 4 nitrogen and oxygen atoms in total. The summed E-state index contributed by atoms with van der Waals surface area (Å²) in [4.78, 5) is 1.71. The molecule has 5 heteroatoms. The minimum Gasteiger partial charge on any atom is -0.370 e. The van der Waals surface area contributed by atoms with Gasteiger partial charge in [0.2, 0.25) is 0 Å². The summed E-state index contributed by atoms with van der Waals surface area (Å²) in [6.45, 7) is 9.26. The second kappa shape index (κ2) is 8.47. The molecule has 138 valence electrons. The first-order valence-electron chi connectivity index (χ1n) is 9.65. The molecule has 0 bridgehead atoms. The van der Waals surface area contributed by atoms with Crippen LogP contribution in [-0.2, 0) is 4.74 Å². The van der Waals surface area contributed by atoms with Crippen molar-refractivity contribution in [2.24, 2.45) is 0 Å². The lowest BCUT2D eigenvalue weighted by atomic mass is 9.80. The number of nitrogens with one attached hydrogen (secondary N) is 3. The molecule has 1 aromatic carbocycles. The summed E-state index contributed by atoms with van der Waals surface area (Å²) in [7, 11) is 0. The lowest BCUT2D eigenvalue weighted by Gasteiger charge is -2.45. The van der Waals surface area contributed by atoms with Gasteiger partial charge in [0.1, 0.15) is 18.6 Å². The lowest BCUT2D eigenvalue weighted by Crippen LogP contribution is -3.23. The molecule has 1 saturated carbocycles. The Morgan fingerprint density at radius 3 is 2.60 bits per heavy atom. The number of quaternary nitrogens is 1. The molecule has 3 rings (SSSR count). The maximum Gasteiger partial charge on any atom is 0.171 e. The summed E-state index contributed by atoms with van der Waals surface area (Å²) >= 11 is 5.60. The van der Waals surface area contributed by atoms with Crippen LogP contribution in [-0.4, -0.2) is 43.5 Å². The molecule has 1 heterocycles. The molecule has 1 aliphatic heterocycles. The van der Waals surface area contributed by atoms with Crippen molar-refractivity contribution in [1.29, 1.82) is 0 Å². The minimum absolute atomic E-state index is 0.315. The highest BCUT2D eigenvalue weighted by Crippen LogP contribution is 2.25. The Balaban J connectivity index is 1.62. The van der Waals surface area contributed by atoms with Gasteiger partial charge >= 0.3 is 0 Å². The van der Waals surface area contributed by atoms with Crippen LogP contribution in [0.5, 0.6) is 0 Å². The Hall–Kier alpha value is -1.17. The van der Waals surface area contributed by atoms with E-state index in [1.165, 1.54) is 43.2 Å². The van der Waals surface area contributed by atoms with Crippen LogP contribution in [0.1, 0.15) is 43.2 Å². The van der Waals surface area contributed by atoms with Gasteiger partial charge in [-0.05, 0) is 56.1 Å². The first kappa shape index (κ1) is 18.6. The second-order valence-corrected chi connectivity index (χ2v) is 8.02. The van der Waals surface area contributed by atoms with Crippen LogP contribution in [0.2, 0.25) is 0 Å². The number of anilines is 1. The van der Waals surface area contributed by atoms with E-state index in [-0.39, 0.29) is 0 Å². The van der Waals surface area contributed by atoms with Crippen molar-refractivity contribution in [2.75, 3.05) is 38.2 Å². The molecule has 1 aliphatic carbocycles. The van der Waals surface area contributed by atoms with Crippen LogP contribution in [0, 0.1) is 13.8 Å². The predicted molar refractivity (Wildman–Crippen MR) is 107 cm³/mol. The SMILES string of the molecule is Cc1cccc(NC(=S)NCC2([NH+]3CCOCC3)CCCCC2)c1C. The molecular formula is C20H32N3OS+. The number of hydrogen-bond acceptors (Lipinski definition) is 2. The van der Waals surface area contributed by atoms with Crippen molar-refractivity contribution < 1.29 is 9.64 Å². The molecule has 3 N–H and O–H groups in total. The Kier molecular flexibility index (Phi) is 6.31. The second-order valence-electron chi connectivity index (χ2n) is 7.61. The zero-order valence-electron chi connectivity index (χ0n) is 15.6. The van der Waals surface area contributed by atoms with Gasteiger partial charge < -0.3 is 20.3 Å². The molecule has 2 aliphatic rings. The van der Waals surface area contributed by atoms with Gasteiger partial charge in [0.15, 0.2) is 5.11 Å². The number of thiocarbonyl (C=S) groups is 1. The number of ether oxygens (including phenoxy) is 1. The quantitative estimate of drug-likeness (QED) is 0.718. The van der Waals surface area contributed by atoms with E-state index in [9.17, 15) is 0 Å². The molecule has 1 saturated heterocycles. The Morgan fingerprint density at radius 2 is 1.88 bits per heavy atom. The highest BCUT2D eigenvalue weighted by Gasteiger charge is 2.42. The summed E-state index contributed by atoms with van der Waals surface area (Å²) < 4.78 is 5.59. The Bertz CT molecular complexity index is 593. The van der Waals surface area contributed by atoms with E-state index >= 15 is 0 Å². The molecular weight excluding hydrogens is 330 g/mol. The highest BCUT2D eigenvalue weighted by molar-refractivity contribution is 7.80. The van der Waals surface area contributed by atoms with Gasteiger partial charge in [0.05, 0.1) is 19.8 Å². The number of hydrogen-bond donors (Lipinski definition) is 3. The van der Waals surface area contributed by atoms with Crippen LogP contribution in [0.4, 0.5) is 5.69 Å². The van der Waals surface area contributed by atoms with Crippen LogP contribution >= 0.6 is 12.2 Å². The van der Waals surface area contributed by atoms with Crippen LogP contribution < -0.4 is 15.5 Å². The van der Waals surface area contributed by atoms with Crippen molar-refractivity contribution in [1.82, 2.24) is 5.32 Å². The van der Waals surface area contributed by atoms with Crippen molar-refractivity contribution in [3.63, 3.8) is 0 Å². The standard InChI is InChI=1S/C20H31N3OS/c1-16-7-6-8-18(17(16)2)22-19(25)21-15-20(9-4-3-5-10-20)23-11-13-24-14-12-23/h6-8H,3-5,9-15H2,1-2H3,(H2,21,22,25)/p+1. The van der Waals surface area contributed by atoms with E-state index in [0.29, 0.717) is 5.54 Å². The lowest BCUT2D eigenvalue weighted by molar-refractivity contribution is -0.960. The molecule has 0 radical (unpaired) electrons. The van der Waals surface area contributed by atoms with E-state index in [1.807, 2.05) is 0 Å². The molecule has 0 atom stereocenters. The fraction of sp³-hybridized carbons (Fsp3) is 0.650. The molecule has 0 amide bonds. The van der Waals surface area contributed by atoms with Crippen molar-refractivity contribution in [2.45, 2.75) is 51.5 Å². The van der Waals surface area contributed by atoms with Crippen molar-refractivity contribution in [3.05, 3.63) is 29.3 Å². The third-order valence-electron chi connectivity index (χ3n) is 6.10. The summed E-state index contributed by atoms with van der Waals surface area (Å²) in [5.74, 6) is 0. The van der Waals surface area contributed by atoms with Gasteiger partial charge in [0, 0.05) is 18.5 Å². The number of aryl methyl sites for hydroxylation is 1. The average molecular weight is 363 g/mol. The fourth-order valence-electron chi connectivity index (χ4n) is 4.33. The van der Waals surface area contributed by atoms with Gasteiger partial charge in [-0.1, -0.05) is 18.6 Å². The number of benzene rings is 1. The predicted octanol–water partition coefficient (Wildman–Crippen LogP) is 2.21. The maximum absolute atomic E-state index is 5.60. The fourth-order valence-corrected chi connectivity index (χ4v) is 4.52. The molecule has 1 aromatic rings. The smallest absolute Gasteiger partial charge is 0.171 e. The highest BCUT2D eigenvalue weighted by atomic mass is 32.1. The minimum atomic E-state index is 0.315. The van der Waals surface area contributed by atoms with E-state index in [2.05, 4.69) is 42.7 Å². The van der Waals surface area contributed by atoms with Crippen molar-refractivity contribution >= 4 is 23.0 Å². The third kappa shape index (κ3) is 4.52. The van der Waals surface area contributed by atoms with Crippen LogP contribution in [0.15, 0.2) is 18.2 Å².